The van der Waals surface area contributed by atoms with Crippen molar-refractivity contribution in [3.8, 4) is 0 Å². The average molecular weight is 606 g/mol. The van der Waals surface area contributed by atoms with Crippen LogP contribution in [0.2, 0.25) is 5.02 Å². The second-order valence-corrected chi connectivity index (χ2v) is 12.6. The topological polar surface area (TPSA) is 93.4 Å². The molecule has 0 spiro atoms. The highest BCUT2D eigenvalue weighted by atomic mass is 35.5. The molecule has 2 aromatic carbocycles. The van der Waals surface area contributed by atoms with Crippen molar-refractivity contribution in [1.29, 1.82) is 0 Å². The molecule has 11 heteroatoms. The molecule has 7 rings (SSSR count). The average Bonchev–Trinajstić information content (AvgIpc) is 3.52. The molecule has 0 unspecified atom stereocenters. The summed E-state index contributed by atoms with van der Waals surface area (Å²) in [5, 5.41) is 10.8. The molecule has 0 amide bonds. The van der Waals surface area contributed by atoms with Crippen LogP contribution in [0, 0.1) is 5.82 Å². The van der Waals surface area contributed by atoms with E-state index in [1.54, 1.807) is 29.5 Å². The molecule has 216 valence electrons. The lowest BCUT2D eigenvalue weighted by atomic mass is 9.89. The van der Waals surface area contributed by atoms with E-state index in [4.69, 9.17) is 26.3 Å². The molecule has 0 bridgehead atoms. The minimum Gasteiger partial charge on any atom is -0.477 e. The Morgan fingerprint density at radius 3 is 2.67 bits per heavy atom. The lowest BCUT2D eigenvalue weighted by Crippen LogP contribution is -2.35. The van der Waals surface area contributed by atoms with Crippen molar-refractivity contribution < 1.29 is 19.0 Å². The van der Waals surface area contributed by atoms with Gasteiger partial charge in [0, 0.05) is 18.1 Å². The first-order valence-corrected chi connectivity index (χ1v) is 15.4. The number of nitrogens with zero attached hydrogens (tertiary/aromatic N) is 5. The van der Waals surface area contributed by atoms with E-state index in [-0.39, 0.29) is 17.6 Å². The molecule has 5 heterocycles. The zero-order valence-electron chi connectivity index (χ0n) is 22.8. The van der Waals surface area contributed by atoms with Crippen LogP contribution in [0.25, 0.3) is 21.4 Å². The predicted molar refractivity (Wildman–Crippen MR) is 160 cm³/mol. The molecule has 1 atom stereocenters. The number of pyridine rings is 1. The third-order valence-corrected chi connectivity index (χ3v) is 9.57. The Hall–Kier alpha value is -3.44. The number of carbonyl (C=O) groups is 1. The number of hydrogen-bond donors (Lipinski definition) is 1. The SMILES string of the molecule is O=C(O)c1ccc2nc(CN3CCC(c4cccc5sc(Cc6ccc(Cl)cc6F)nc45)CC3)n(C[C@@H]3CCO3)c2n1. The molecular formula is C31H29ClFN5O3S. The summed E-state index contributed by atoms with van der Waals surface area (Å²) < 4.78 is 23.3. The van der Waals surface area contributed by atoms with Gasteiger partial charge in [-0.2, -0.15) is 0 Å². The van der Waals surface area contributed by atoms with E-state index in [1.807, 2.05) is 4.57 Å². The molecule has 0 radical (unpaired) electrons. The van der Waals surface area contributed by atoms with E-state index in [1.165, 1.54) is 17.7 Å². The summed E-state index contributed by atoms with van der Waals surface area (Å²) in [6.45, 7) is 3.84. The highest BCUT2D eigenvalue weighted by Gasteiger charge is 2.27. The molecule has 42 heavy (non-hydrogen) atoms. The third-order valence-electron chi connectivity index (χ3n) is 8.31. The zero-order chi connectivity index (χ0) is 28.8. The van der Waals surface area contributed by atoms with Crippen molar-refractivity contribution in [3.05, 3.63) is 87.0 Å². The molecule has 5 aromatic rings. The number of para-hydroxylation sites is 1. The Labute approximate surface area is 250 Å². The molecule has 1 N–H and O–H groups in total. The Kier molecular flexibility index (Phi) is 7.39. The minimum atomic E-state index is -1.05. The second kappa shape index (κ2) is 11.3. The number of aromatic nitrogens is 4. The summed E-state index contributed by atoms with van der Waals surface area (Å²) in [6, 6.07) is 14.4. The first kappa shape index (κ1) is 27.4. The normalized spacial score (nSPS) is 18.1. The van der Waals surface area contributed by atoms with Crippen LogP contribution in [0.3, 0.4) is 0 Å². The number of carboxylic acid groups (broad SMARTS) is 1. The lowest BCUT2D eigenvalue weighted by molar-refractivity contribution is -0.0593. The number of ether oxygens (including phenoxy) is 1. The van der Waals surface area contributed by atoms with Gasteiger partial charge in [0.2, 0.25) is 0 Å². The van der Waals surface area contributed by atoms with Gasteiger partial charge in [0.25, 0.3) is 0 Å². The number of imidazole rings is 1. The zero-order valence-corrected chi connectivity index (χ0v) is 24.4. The van der Waals surface area contributed by atoms with Gasteiger partial charge in [0.05, 0.1) is 34.4 Å². The number of halogens is 2. The van der Waals surface area contributed by atoms with Crippen LogP contribution >= 0.6 is 22.9 Å². The molecule has 3 aromatic heterocycles. The van der Waals surface area contributed by atoms with Crippen LogP contribution in [0.5, 0.6) is 0 Å². The maximum atomic E-state index is 14.4. The summed E-state index contributed by atoms with van der Waals surface area (Å²) in [5.41, 5.74) is 4.19. The van der Waals surface area contributed by atoms with Crippen LogP contribution in [0.15, 0.2) is 48.5 Å². The first-order chi connectivity index (χ1) is 20.4. The minimum absolute atomic E-state index is 0.0169. The fourth-order valence-corrected chi connectivity index (χ4v) is 7.15. The lowest BCUT2D eigenvalue weighted by Gasteiger charge is -2.32. The van der Waals surface area contributed by atoms with Crippen LogP contribution < -0.4 is 0 Å². The number of piperidine rings is 1. The largest absolute Gasteiger partial charge is 0.477 e. The molecule has 0 aliphatic carbocycles. The summed E-state index contributed by atoms with van der Waals surface area (Å²) in [4.78, 5) is 28.2. The predicted octanol–water partition coefficient (Wildman–Crippen LogP) is 6.29. The van der Waals surface area contributed by atoms with Crippen molar-refractivity contribution in [1.82, 2.24) is 24.4 Å². The molecule has 2 fully saturated rings. The molecule has 0 saturated carbocycles. The summed E-state index contributed by atoms with van der Waals surface area (Å²) in [7, 11) is 0. The molecule has 2 saturated heterocycles. The van der Waals surface area contributed by atoms with E-state index in [0.717, 1.165) is 60.0 Å². The van der Waals surface area contributed by atoms with Crippen molar-refractivity contribution in [3.63, 3.8) is 0 Å². The van der Waals surface area contributed by atoms with Gasteiger partial charge in [-0.15, -0.1) is 11.3 Å². The number of likely N-dealkylation sites (tertiary alicyclic amines) is 1. The van der Waals surface area contributed by atoms with Crippen LogP contribution in [0.1, 0.15) is 57.6 Å². The van der Waals surface area contributed by atoms with Gasteiger partial charge in [-0.25, -0.2) is 24.1 Å². The number of aromatic carboxylic acids is 1. The second-order valence-electron chi connectivity index (χ2n) is 11.0. The molecular weight excluding hydrogens is 577 g/mol. The highest BCUT2D eigenvalue weighted by Crippen LogP contribution is 2.36. The Morgan fingerprint density at radius 2 is 1.93 bits per heavy atom. The monoisotopic (exact) mass is 605 g/mol. The Bertz CT molecular complexity index is 1790. The van der Waals surface area contributed by atoms with E-state index in [9.17, 15) is 14.3 Å². The van der Waals surface area contributed by atoms with E-state index >= 15 is 0 Å². The number of thiazole rings is 1. The van der Waals surface area contributed by atoms with E-state index in [0.29, 0.717) is 47.2 Å². The quantitative estimate of drug-likeness (QED) is 0.222. The van der Waals surface area contributed by atoms with Crippen LogP contribution in [0.4, 0.5) is 4.39 Å². The summed E-state index contributed by atoms with van der Waals surface area (Å²) in [5.74, 6) is -0.0856. The fourth-order valence-electron chi connectivity index (χ4n) is 5.96. The summed E-state index contributed by atoms with van der Waals surface area (Å²) in [6.07, 6.45) is 3.50. The third kappa shape index (κ3) is 5.40. The van der Waals surface area contributed by atoms with Gasteiger partial charge in [-0.3, -0.25) is 4.90 Å². The van der Waals surface area contributed by atoms with Crippen molar-refractivity contribution in [2.75, 3.05) is 19.7 Å². The number of hydrogen-bond acceptors (Lipinski definition) is 7. The highest BCUT2D eigenvalue weighted by molar-refractivity contribution is 7.18. The van der Waals surface area contributed by atoms with Gasteiger partial charge in [-0.05, 0) is 79.7 Å². The Morgan fingerprint density at radius 1 is 1.10 bits per heavy atom. The first-order valence-electron chi connectivity index (χ1n) is 14.2. The van der Waals surface area contributed by atoms with E-state index in [2.05, 4.69) is 28.1 Å². The van der Waals surface area contributed by atoms with Gasteiger partial charge >= 0.3 is 5.97 Å². The van der Waals surface area contributed by atoms with Gasteiger partial charge in [0.15, 0.2) is 11.3 Å². The standard InChI is InChI=1S/C31H29ClFN5O3S/c32-20-5-4-19(23(33)15-20)14-28-36-29-22(2-1-3-26(29)42-28)18-8-11-37(12-9-18)17-27-34-24-6-7-25(31(39)40)35-30(24)38(27)16-21-10-13-41-21/h1-7,15,18,21H,8-14,16-17H2,(H,39,40)/t21-/m0/s1. The van der Waals surface area contributed by atoms with Gasteiger partial charge in [-0.1, -0.05) is 29.8 Å². The molecule has 8 nitrogen and oxygen atoms in total. The maximum Gasteiger partial charge on any atom is 0.354 e. The number of benzene rings is 2. The summed E-state index contributed by atoms with van der Waals surface area (Å²) >= 11 is 7.55. The van der Waals surface area contributed by atoms with Crippen molar-refractivity contribution in [2.45, 2.75) is 50.8 Å². The fraction of sp³-hybridized carbons (Fsp3) is 0.355. The molecule has 2 aliphatic heterocycles. The van der Waals surface area contributed by atoms with Crippen molar-refractivity contribution >= 4 is 50.3 Å². The Balaban J connectivity index is 1.07. The number of rotatable bonds is 8. The van der Waals surface area contributed by atoms with Gasteiger partial charge in [0.1, 0.15) is 17.2 Å². The molecule has 2 aliphatic rings. The van der Waals surface area contributed by atoms with Crippen LogP contribution in [-0.2, 0) is 24.2 Å². The van der Waals surface area contributed by atoms with Crippen molar-refractivity contribution in [2.24, 2.45) is 0 Å². The maximum absolute atomic E-state index is 14.4. The number of fused-ring (bicyclic) bond motifs is 2. The smallest absolute Gasteiger partial charge is 0.354 e. The van der Waals surface area contributed by atoms with E-state index < -0.39 is 5.97 Å². The number of carboxylic acids is 1. The van der Waals surface area contributed by atoms with Gasteiger partial charge < -0.3 is 14.4 Å². The van der Waals surface area contributed by atoms with Crippen LogP contribution in [-0.4, -0.2) is 61.3 Å².